The summed E-state index contributed by atoms with van der Waals surface area (Å²) in [7, 11) is -1.11. The highest BCUT2D eigenvalue weighted by Crippen LogP contribution is 2.58. The molecule has 0 saturated heterocycles. The van der Waals surface area contributed by atoms with E-state index in [2.05, 4.69) is 5.32 Å². The molecule has 0 spiro atoms. The molecule has 4 fully saturated rings. The highest BCUT2D eigenvalue weighted by Gasteiger charge is 2.57. The molecular weight excluding hydrogens is 246 g/mol. The quantitative estimate of drug-likeness (QED) is 0.850. The molecule has 4 bridgehead atoms. The molecule has 1 unspecified atom stereocenters. The average Bonchev–Trinajstić information content (AvgIpc) is 2.26. The van der Waals surface area contributed by atoms with Gasteiger partial charge in [-0.1, -0.05) is 0 Å². The smallest absolute Gasteiger partial charge is 0.157 e. The number of nitrogens with one attached hydrogen (secondary N) is 1. The third-order valence-corrected chi connectivity index (χ3v) is 8.36. The molecule has 4 heteroatoms. The van der Waals surface area contributed by atoms with E-state index in [-0.39, 0.29) is 10.8 Å². The summed E-state index contributed by atoms with van der Waals surface area (Å²) in [6.07, 6.45) is 6.77. The van der Waals surface area contributed by atoms with Gasteiger partial charge in [0, 0.05) is 6.04 Å². The molecule has 0 aliphatic heterocycles. The maximum Gasteiger partial charge on any atom is 0.157 e. The number of hydrogen-bond donors (Lipinski definition) is 1. The van der Waals surface area contributed by atoms with Crippen molar-refractivity contribution in [2.75, 3.05) is 12.8 Å². The molecule has 4 rings (SSSR count). The van der Waals surface area contributed by atoms with Crippen LogP contribution in [0.5, 0.6) is 0 Å². The van der Waals surface area contributed by atoms with E-state index in [1.54, 1.807) is 0 Å². The zero-order chi connectivity index (χ0) is 13.0. The van der Waals surface area contributed by atoms with Crippen LogP contribution in [0.3, 0.4) is 0 Å². The fourth-order valence-corrected chi connectivity index (χ4v) is 7.65. The van der Waals surface area contributed by atoms with Gasteiger partial charge in [-0.05, 0) is 70.3 Å². The second-order valence-corrected chi connectivity index (χ2v) is 9.50. The molecule has 18 heavy (non-hydrogen) atoms. The number of rotatable bonds is 4. The molecule has 1 atom stereocenters. The Kier molecular flexibility index (Phi) is 3.02. The lowest BCUT2D eigenvalue weighted by Gasteiger charge is -2.56. The molecular formula is C14H25NO2S. The van der Waals surface area contributed by atoms with Crippen LogP contribution in [0, 0.1) is 17.8 Å². The highest BCUT2D eigenvalue weighted by atomic mass is 32.2. The zero-order valence-corrected chi connectivity index (χ0v) is 12.3. The van der Waals surface area contributed by atoms with E-state index in [1.165, 1.54) is 19.3 Å². The van der Waals surface area contributed by atoms with Gasteiger partial charge in [-0.2, -0.15) is 0 Å². The summed E-state index contributed by atoms with van der Waals surface area (Å²) in [5.74, 6) is 2.43. The first-order valence-electron chi connectivity index (χ1n) is 7.34. The van der Waals surface area contributed by atoms with Crippen molar-refractivity contribution in [3.05, 3.63) is 0 Å². The Bertz CT molecular complexity index is 394. The SMILES string of the molecule is CNC(C)CS(=O)(=O)C12CC3CC(CC(C3)C1)C2. The lowest BCUT2D eigenvalue weighted by Crippen LogP contribution is -2.56. The molecule has 0 amide bonds. The monoisotopic (exact) mass is 271 g/mol. The van der Waals surface area contributed by atoms with Crippen LogP contribution in [0.1, 0.15) is 45.4 Å². The van der Waals surface area contributed by atoms with E-state index in [9.17, 15) is 8.42 Å². The minimum atomic E-state index is -2.95. The minimum Gasteiger partial charge on any atom is -0.316 e. The third kappa shape index (κ3) is 1.92. The van der Waals surface area contributed by atoms with E-state index in [0.29, 0.717) is 23.5 Å². The average molecular weight is 271 g/mol. The molecule has 0 radical (unpaired) electrons. The standard InChI is InChI=1S/C14H25NO2S/c1-10(15-2)9-18(16,17)14-6-11-3-12(7-14)5-13(4-11)8-14/h10-13,15H,3-9H2,1-2H3. The first-order chi connectivity index (χ1) is 8.44. The van der Waals surface area contributed by atoms with Gasteiger partial charge in [0.2, 0.25) is 0 Å². The summed E-state index contributed by atoms with van der Waals surface area (Å²) in [6, 6.07) is 0.0722. The fraction of sp³-hybridized carbons (Fsp3) is 1.00. The Hall–Kier alpha value is -0.0900. The second kappa shape index (κ2) is 4.20. The maximum absolute atomic E-state index is 12.8. The van der Waals surface area contributed by atoms with Gasteiger partial charge in [0.15, 0.2) is 9.84 Å². The van der Waals surface area contributed by atoms with Gasteiger partial charge in [0.05, 0.1) is 10.5 Å². The zero-order valence-electron chi connectivity index (χ0n) is 11.5. The Labute approximate surface area is 111 Å². The van der Waals surface area contributed by atoms with Gasteiger partial charge in [-0.15, -0.1) is 0 Å². The molecule has 4 aliphatic rings. The van der Waals surface area contributed by atoms with Crippen molar-refractivity contribution >= 4 is 9.84 Å². The van der Waals surface area contributed by atoms with Crippen LogP contribution in [0.4, 0.5) is 0 Å². The van der Waals surface area contributed by atoms with Crippen LogP contribution in [-0.4, -0.2) is 32.0 Å². The van der Waals surface area contributed by atoms with Crippen LogP contribution < -0.4 is 5.32 Å². The fourth-order valence-electron chi connectivity index (χ4n) is 5.00. The summed E-state index contributed by atoms with van der Waals surface area (Å²) in [5, 5.41) is 3.07. The molecule has 104 valence electrons. The van der Waals surface area contributed by atoms with Crippen molar-refractivity contribution in [1.29, 1.82) is 0 Å². The van der Waals surface area contributed by atoms with Gasteiger partial charge < -0.3 is 5.32 Å². The second-order valence-electron chi connectivity index (χ2n) is 7.07. The molecule has 1 N–H and O–H groups in total. The number of hydrogen-bond acceptors (Lipinski definition) is 3. The number of sulfone groups is 1. The molecule has 0 aromatic carbocycles. The van der Waals surface area contributed by atoms with E-state index >= 15 is 0 Å². The van der Waals surface area contributed by atoms with E-state index in [1.807, 2.05) is 14.0 Å². The Morgan fingerprint density at radius 1 is 1.11 bits per heavy atom. The summed E-state index contributed by atoms with van der Waals surface area (Å²) >= 11 is 0. The van der Waals surface area contributed by atoms with Gasteiger partial charge in [-0.25, -0.2) is 8.42 Å². The lowest BCUT2D eigenvalue weighted by atomic mass is 9.56. The molecule has 4 aliphatic carbocycles. The highest BCUT2D eigenvalue weighted by molar-refractivity contribution is 7.92. The largest absolute Gasteiger partial charge is 0.316 e. The molecule has 0 aromatic heterocycles. The van der Waals surface area contributed by atoms with Gasteiger partial charge in [-0.3, -0.25) is 0 Å². The Morgan fingerprint density at radius 3 is 1.94 bits per heavy atom. The normalized spacial score (nSPS) is 44.2. The van der Waals surface area contributed by atoms with Gasteiger partial charge in [0.1, 0.15) is 0 Å². The van der Waals surface area contributed by atoms with Crippen molar-refractivity contribution in [2.24, 2.45) is 17.8 Å². The van der Waals surface area contributed by atoms with Crippen molar-refractivity contribution in [1.82, 2.24) is 5.32 Å². The van der Waals surface area contributed by atoms with Crippen LogP contribution in [0.25, 0.3) is 0 Å². The predicted molar refractivity (Wildman–Crippen MR) is 73.2 cm³/mol. The summed E-state index contributed by atoms with van der Waals surface area (Å²) in [5.41, 5.74) is 0. The maximum atomic E-state index is 12.8. The van der Waals surface area contributed by atoms with Crippen LogP contribution in [0.2, 0.25) is 0 Å². The van der Waals surface area contributed by atoms with E-state index in [4.69, 9.17) is 0 Å². The third-order valence-electron chi connectivity index (χ3n) is 5.60. The molecule has 3 nitrogen and oxygen atoms in total. The molecule has 0 aromatic rings. The van der Waals surface area contributed by atoms with Gasteiger partial charge in [0.25, 0.3) is 0 Å². The first kappa shape index (κ1) is 12.9. The van der Waals surface area contributed by atoms with Crippen molar-refractivity contribution < 1.29 is 8.42 Å². The van der Waals surface area contributed by atoms with Crippen LogP contribution >= 0.6 is 0 Å². The van der Waals surface area contributed by atoms with Gasteiger partial charge >= 0.3 is 0 Å². The Balaban J connectivity index is 1.86. The van der Waals surface area contributed by atoms with Crippen molar-refractivity contribution in [3.63, 3.8) is 0 Å². The Morgan fingerprint density at radius 2 is 1.56 bits per heavy atom. The molecule has 0 heterocycles. The van der Waals surface area contributed by atoms with Crippen LogP contribution in [0.15, 0.2) is 0 Å². The summed E-state index contributed by atoms with van der Waals surface area (Å²) in [4.78, 5) is 0. The summed E-state index contributed by atoms with van der Waals surface area (Å²) < 4.78 is 25.3. The first-order valence-corrected chi connectivity index (χ1v) is 8.99. The predicted octanol–water partition coefficient (Wildman–Crippen LogP) is 1.98. The lowest BCUT2D eigenvalue weighted by molar-refractivity contribution is 0.0338. The molecule has 4 saturated carbocycles. The van der Waals surface area contributed by atoms with Crippen LogP contribution in [-0.2, 0) is 9.84 Å². The topological polar surface area (TPSA) is 46.2 Å². The minimum absolute atomic E-state index is 0.0722. The van der Waals surface area contributed by atoms with E-state index < -0.39 is 9.84 Å². The van der Waals surface area contributed by atoms with E-state index in [0.717, 1.165) is 19.3 Å². The van der Waals surface area contributed by atoms with Crippen molar-refractivity contribution in [3.8, 4) is 0 Å². The van der Waals surface area contributed by atoms with Crippen molar-refractivity contribution in [2.45, 2.75) is 56.2 Å². The summed E-state index contributed by atoms with van der Waals surface area (Å²) in [6.45, 7) is 1.97.